The summed E-state index contributed by atoms with van der Waals surface area (Å²) in [7, 11) is 0. The summed E-state index contributed by atoms with van der Waals surface area (Å²) in [5, 5.41) is 8.15. The number of hydrogen-bond acceptors (Lipinski definition) is 3. The molecule has 0 radical (unpaired) electrons. The molecule has 64 valence electrons. The Morgan fingerprint density at radius 3 is 2.36 bits per heavy atom. The van der Waals surface area contributed by atoms with Gasteiger partial charge < -0.3 is 9.90 Å². The summed E-state index contributed by atoms with van der Waals surface area (Å²) < 4.78 is 0. The SMILES string of the molecule is CC(C)C(C=O)NNC(=O)O. The summed E-state index contributed by atoms with van der Waals surface area (Å²) >= 11 is 0. The van der Waals surface area contributed by atoms with E-state index in [-0.39, 0.29) is 5.92 Å². The number of rotatable bonds is 4. The molecule has 5 nitrogen and oxygen atoms in total. The largest absolute Gasteiger partial charge is 0.464 e. The molecule has 0 bridgehead atoms. The lowest BCUT2D eigenvalue weighted by Gasteiger charge is -2.14. The van der Waals surface area contributed by atoms with E-state index in [1.54, 1.807) is 0 Å². The van der Waals surface area contributed by atoms with Crippen molar-refractivity contribution in [3.05, 3.63) is 0 Å². The number of aldehydes is 1. The third-order valence-electron chi connectivity index (χ3n) is 1.21. The predicted octanol–water partition coefficient (Wildman–Crippen LogP) is -0.0179. The fourth-order valence-electron chi connectivity index (χ4n) is 0.503. The zero-order valence-corrected chi connectivity index (χ0v) is 6.50. The van der Waals surface area contributed by atoms with E-state index in [4.69, 9.17) is 5.11 Å². The van der Waals surface area contributed by atoms with Gasteiger partial charge in [0, 0.05) is 0 Å². The zero-order valence-electron chi connectivity index (χ0n) is 6.50. The molecule has 3 N–H and O–H groups in total. The maximum absolute atomic E-state index is 10.3. The average Bonchev–Trinajstić information content (AvgIpc) is 1.87. The molecular weight excluding hydrogens is 148 g/mol. The molecule has 1 amide bonds. The summed E-state index contributed by atoms with van der Waals surface area (Å²) in [4.78, 5) is 20.2. The van der Waals surface area contributed by atoms with E-state index in [0.717, 1.165) is 0 Å². The average molecular weight is 160 g/mol. The fourth-order valence-corrected chi connectivity index (χ4v) is 0.503. The molecule has 0 aromatic carbocycles. The molecule has 1 unspecified atom stereocenters. The third kappa shape index (κ3) is 4.32. The van der Waals surface area contributed by atoms with Crippen LogP contribution in [0.3, 0.4) is 0 Å². The first-order chi connectivity index (χ1) is 5.07. The van der Waals surface area contributed by atoms with Gasteiger partial charge in [0.15, 0.2) is 0 Å². The standard InChI is InChI=1S/C6H12N2O3/c1-4(2)5(3-9)7-8-6(10)11/h3-5,7-8H,1-2H3,(H,10,11). The highest BCUT2D eigenvalue weighted by Gasteiger charge is 2.11. The summed E-state index contributed by atoms with van der Waals surface area (Å²) in [5.74, 6) is 0.0688. The summed E-state index contributed by atoms with van der Waals surface area (Å²) in [6.07, 6.45) is -0.529. The lowest BCUT2D eigenvalue weighted by molar-refractivity contribution is -0.110. The van der Waals surface area contributed by atoms with Crippen molar-refractivity contribution in [1.82, 2.24) is 10.9 Å². The van der Waals surface area contributed by atoms with Gasteiger partial charge in [-0.3, -0.25) is 5.43 Å². The molecule has 0 saturated heterocycles. The van der Waals surface area contributed by atoms with Gasteiger partial charge in [-0.15, -0.1) is 0 Å². The van der Waals surface area contributed by atoms with Gasteiger partial charge in [0.25, 0.3) is 0 Å². The Morgan fingerprint density at radius 1 is 1.55 bits per heavy atom. The van der Waals surface area contributed by atoms with Gasteiger partial charge in [-0.25, -0.2) is 10.2 Å². The number of nitrogens with one attached hydrogen (secondary N) is 2. The Labute approximate surface area is 64.8 Å². The van der Waals surface area contributed by atoms with Gasteiger partial charge in [0.05, 0.1) is 6.04 Å². The topological polar surface area (TPSA) is 78.4 Å². The van der Waals surface area contributed by atoms with Gasteiger partial charge >= 0.3 is 6.09 Å². The van der Waals surface area contributed by atoms with Crippen LogP contribution in [-0.4, -0.2) is 23.5 Å². The number of carboxylic acid groups (broad SMARTS) is 1. The zero-order chi connectivity index (χ0) is 8.85. The lowest BCUT2D eigenvalue weighted by atomic mass is 10.1. The molecule has 0 spiro atoms. The Bertz CT molecular complexity index is 147. The van der Waals surface area contributed by atoms with Crippen molar-refractivity contribution >= 4 is 12.4 Å². The van der Waals surface area contributed by atoms with E-state index >= 15 is 0 Å². The maximum Gasteiger partial charge on any atom is 0.419 e. The van der Waals surface area contributed by atoms with Crippen molar-refractivity contribution in [2.75, 3.05) is 0 Å². The van der Waals surface area contributed by atoms with Crippen LogP contribution in [0.4, 0.5) is 4.79 Å². The molecule has 0 rings (SSSR count). The molecule has 0 aliphatic carbocycles. The van der Waals surface area contributed by atoms with Crippen LogP contribution in [0.2, 0.25) is 0 Å². The first kappa shape index (κ1) is 9.90. The first-order valence-corrected chi connectivity index (χ1v) is 3.27. The van der Waals surface area contributed by atoms with Crippen molar-refractivity contribution in [2.45, 2.75) is 19.9 Å². The van der Waals surface area contributed by atoms with Crippen LogP contribution in [-0.2, 0) is 4.79 Å². The number of carbonyl (C=O) groups excluding carboxylic acids is 1. The quantitative estimate of drug-likeness (QED) is 0.399. The Morgan fingerprint density at radius 2 is 2.09 bits per heavy atom. The first-order valence-electron chi connectivity index (χ1n) is 3.27. The summed E-state index contributed by atoms with van der Waals surface area (Å²) in [6, 6.07) is -0.467. The van der Waals surface area contributed by atoms with E-state index in [9.17, 15) is 9.59 Å². The van der Waals surface area contributed by atoms with Crippen molar-refractivity contribution in [3.63, 3.8) is 0 Å². The van der Waals surface area contributed by atoms with Crippen molar-refractivity contribution in [2.24, 2.45) is 5.92 Å². The highest BCUT2D eigenvalue weighted by atomic mass is 16.4. The molecule has 0 saturated carbocycles. The lowest BCUT2D eigenvalue weighted by Crippen LogP contribution is -2.46. The monoisotopic (exact) mass is 160 g/mol. The van der Waals surface area contributed by atoms with Gasteiger partial charge in [0.1, 0.15) is 6.29 Å². The minimum atomic E-state index is -1.20. The molecule has 1 atom stereocenters. The van der Waals surface area contributed by atoms with Crippen LogP contribution in [0.15, 0.2) is 0 Å². The minimum absolute atomic E-state index is 0.0688. The Hall–Kier alpha value is -1.10. The fraction of sp³-hybridized carbons (Fsp3) is 0.667. The van der Waals surface area contributed by atoms with Gasteiger partial charge in [0.2, 0.25) is 0 Å². The Kier molecular flexibility index (Phi) is 4.21. The molecule has 0 aliphatic heterocycles. The smallest absolute Gasteiger partial charge is 0.419 e. The molecule has 0 aromatic rings. The van der Waals surface area contributed by atoms with Gasteiger partial charge in [-0.05, 0) is 5.92 Å². The number of amides is 1. The van der Waals surface area contributed by atoms with E-state index < -0.39 is 12.1 Å². The van der Waals surface area contributed by atoms with E-state index in [0.29, 0.717) is 6.29 Å². The minimum Gasteiger partial charge on any atom is -0.464 e. The molecule has 0 aliphatic rings. The number of hydrogen-bond donors (Lipinski definition) is 3. The van der Waals surface area contributed by atoms with Crippen LogP contribution >= 0.6 is 0 Å². The van der Waals surface area contributed by atoms with Crippen LogP contribution in [0.5, 0.6) is 0 Å². The molecular formula is C6H12N2O3. The van der Waals surface area contributed by atoms with E-state index in [1.807, 2.05) is 19.3 Å². The van der Waals surface area contributed by atoms with Gasteiger partial charge in [-0.1, -0.05) is 13.8 Å². The van der Waals surface area contributed by atoms with E-state index in [1.165, 1.54) is 0 Å². The number of carbonyl (C=O) groups is 2. The van der Waals surface area contributed by atoms with Crippen molar-refractivity contribution < 1.29 is 14.7 Å². The molecule has 11 heavy (non-hydrogen) atoms. The molecule has 0 aromatic heterocycles. The van der Waals surface area contributed by atoms with E-state index in [2.05, 4.69) is 5.43 Å². The molecule has 0 fully saturated rings. The van der Waals surface area contributed by atoms with Crippen LogP contribution < -0.4 is 10.9 Å². The second-order valence-electron chi connectivity index (χ2n) is 2.48. The summed E-state index contributed by atoms with van der Waals surface area (Å²) in [6.45, 7) is 3.63. The molecule has 5 heteroatoms. The highest BCUT2D eigenvalue weighted by molar-refractivity contribution is 5.65. The second-order valence-corrected chi connectivity index (χ2v) is 2.48. The van der Waals surface area contributed by atoms with Crippen LogP contribution in [0.25, 0.3) is 0 Å². The normalized spacial score (nSPS) is 12.6. The molecule has 0 heterocycles. The third-order valence-corrected chi connectivity index (χ3v) is 1.21. The van der Waals surface area contributed by atoms with Crippen LogP contribution in [0, 0.1) is 5.92 Å². The van der Waals surface area contributed by atoms with Crippen LogP contribution in [0.1, 0.15) is 13.8 Å². The highest BCUT2D eigenvalue weighted by Crippen LogP contribution is 1.95. The predicted molar refractivity (Wildman–Crippen MR) is 39.0 cm³/mol. The Balaban J connectivity index is 3.69. The second kappa shape index (κ2) is 4.68. The summed E-state index contributed by atoms with van der Waals surface area (Å²) in [5.41, 5.74) is 4.26. The number of hydrazine groups is 1. The van der Waals surface area contributed by atoms with Crippen molar-refractivity contribution in [3.8, 4) is 0 Å². The van der Waals surface area contributed by atoms with Gasteiger partial charge in [-0.2, -0.15) is 0 Å². The van der Waals surface area contributed by atoms with Crippen molar-refractivity contribution in [1.29, 1.82) is 0 Å². The maximum atomic E-state index is 10.3.